The molecule has 0 aliphatic rings. The SMILES string of the molecule is CCCC(O)(O)O.O=C(O)C=CS.O=C(O)C=CS.O=C(O)C=CS. The summed E-state index contributed by atoms with van der Waals surface area (Å²) >= 11 is 10.5. The van der Waals surface area contributed by atoms with Gasteiger partial charge < -0.3 is 30.6 Å². The third kappa shape index (κ3) is 71.4. The average molecular weight is 419 g/mol. The molecule has 0 aliphatic heterocycles. The van der Waals surface area contributed by atoms with Gasteiger partial charge in [0.25, 0.3) is 5.97 Å². The lowest BCUT2D eigenvalue weighted by molar-refractivity contribution is -0.314. The number of thiol groups is 3. The van der Waals surface area contributed by atoms with E-state index in [1.807, 2.05) is 0 Å². The van der Waals surface area contributed by atoms with Gasteiger partial charge in [-0.3, -0.25) is 0 Å². The van der Waals surface area contributed by atoms with Crippen LogP contribution in [0.2, 0.25) is 0 Å². The molecule has 0 aliphatic carbocycles. The van der Waals surface area contributed by atoms with Crippen molar-refractivity contribution in [3.8, 4) is 0 Å². The third-order valence-corrected chi connectivity index (χ3v) is 1.68. The Morgan fingerprint density at radius 3 is 1.00 bits per heavy atom. The van der Waals surface area contributed by atoms with E-state index in [9.17, 15) is 14.4 Å². The maximum atomic E-state index is 9.46. The standard InChI is InChI=1S/C4H10O3.3C3H4O2S/c1-2-3-4(5,6)7;3*4-3(5)1-2-6/h5-7H,2-3H2,1H3;3*1-2,6H,(H,4,5). The predicted molar refractivity (Wildman–Crippen MR) is 102 cm³/mol. The molecule has 0 saturated heterocycles. The van der Waals surface area contributed by atoms with Crippen molar-refractivity contribution >= 4 is 55.8 Å². The molecule has 0 fully saturated rings. The van der Waals surface area contributed by atoms with E-state index in [2.05, 4.69) is 37.9 Å². The van der Waals surface area contributed by atoms with Gasteiger partial charge in [-0.05, 0) is 22.6 Å². The molecule has 146 valence electrons. The molecule has 0 heterocycles. The molecular formula is C13H22O9S3. The quantitative estimate of drug-likeness (QED) is 0.179. The van der Waals surface area contributed by atoms with Crippen molar-refractivity contribution in [2.45, 2.75) is 25.7 Å². The largest absolute Gasteiger partial charge is 0.478 e. The van der Waals surface area contributed by atoms with E-state index >= 15 is 0 Å². The highest BCUT2D eigenvalue weighted by molar-refractivity contribution is 7.83. The van der Waals surface area contributed by atoms with E-state index < -0.39 is 23.9 Å². The molecule has 0 rings (SSSR count). The maximum absolute atomic E-state index is 9.46. The van der Waals surface area contributed by atoms with E-state index in [1.54, 1.807) is 6.92 Å². The first-order chi connectivity index (χ1) is 11.4. The molecule has 0 aromatic carbocycles. The molecule has 0 atom stereocenters. The Kier molecular flexibility index (Phi) is 28.3. The lowest BCUT2D eigenvalue weighted by atomic mass is 10.3. The number of aliphatic hydroxyl groups is 3. The topological polar surface area (TPSA) is 173 Å². The second kappa shape index (κ2) is 22.6. The Bertz CT molecular complexity index is 388. The molecule has 0 aromatic heterocycles. The van der Waals surface area contributed by atoms with Gasteiger partial charge in [0.15, 0.2) is 0 Å². The van der Waals surface area contributed by atoms with Crippen molar-refractivity contribution in [3.05, 3.63) is 34.5 Å². The van der Waals surface area contributed by atoms with E-state index in [4.69, 9.17) is 30.6 Å². The second-order valence-corrected chi connectivity index (χ2v) is 4.38. The zero-order chi connectivity index (χ0) is 20.9. The zero-order valence-corrected chi connectivity index (χ0v) is 15.8. The molecule has 6 N–H and O–H groups in total. The number of hydrogen-bond acceptors (Lipinski definition) is 9. The number of carbonyl (C=O) groups is 3. The fourth-order valence-electron chi connectivity index (χ4n) is 0.527. The van der Waals surface area contributed by atoms with Crippen molar-refractivity contribution in [1.82, 2.24) is 0 Å². The normalized spacial score (nSPS) is 10.2. The van der Waals surface area contributed by atoms with Crippen LogP contribution >= 0.6 is 37.9 Å². The monoisotopic (exact) mass is 418 g/mol. The van der Waals surface area contributed by atoms with Crippen LogP contribution in [0.25, 0.3) is 0 Å². The predicted octanol–water partition coefficient (Wildman–Crippen LogP) is 0.961. The van der Waals surface area contributed by atoms with Crippen LogP contribution in [0.15, 0.2) is 34.5 Å². The molecule has 0 unspecified atom stereocenters. The van der Waals surface area contributed by atoms with Gasteiger partial charge in [-0.2, -0.15) is 37.9 Å². The Labute approximate surface area is 161 Å². The summed E-state index contributed by atoms with van der Waals surface area (Å²) in [6, 6.07) is 0. The number of carboxylic acid groups (broad SMARTS) is 3. The minimum atomic E-state index is -2.45. The van der Waals surface area contributed by atoms with Crippen molar-refractivity contribution in [2.24, 2.45) is 0 Å². The summed E-state index contributed by atoms with van der Waals surface area (Å²) in [5, 5.41) is 51.2. The maximum Gasteiger partial charge on any atom is 0.328 e. The molecule has 0 aromatic rings. The Balaban J connectivity index is -0.000000118. The molecule has 12 heteroatoms. The number of hydrogen-bond donors (Lipinski definition) is 9. The van der Waals surface area contributed by atoms with Crippen molar-refractivity contribution < 1.29 is 45.0 Å². The summed E-state index contributed by atoms with van der Waals surface area (Å²) in [4.78, 5) is 28.4. The molecule has 0 saturated carbocycles. The van der Waals surface area contributed by atoms with Gasteiger partial charge in [0.2, 0.25) is 0 Å². The first-order valence-electron chi connectivity index (χ1n) is 6.16. The summed E-state index contributed by atoms with van der Waals surface area (Å²) in [5.74, 6) is -5.35. The first-order valence-corrected chi connectivity index (χ1v) is 7.70. The van der Waals surface area contributed by atoms with Crippen molar-refractivity contribution in [2.75, 3.05) is 0 Å². The van der Waals surface area contributed by atoms with Crippen LogP contribution in [0.1, 0.15) is 19.8 Å². The lowest BCUT2D eigenvalue weighted by Crippen LogP contribution is -2.26. The van der Waals surface area contributed by atoms with Gasteiger partial charge >= 0.3 is 17.9 Å². The van der Waals surface area contributed by atoms with Gasteiger partial charge in [-0.15, -0.1) is 0 Å². The molecule has 0 bridgehead atoms. The van der Waals surface area contributed by atoms with Crippen LogP contribution in [0.4, 0.5) is 0 Å². The van der Waals surface area contributed by atoms with Crippen LogP contribution in [-0.2, 0) is 14.4 Å². The fraction of sp³-hybridized carbons (Fsp3) is 0.308. The Morgan fingerprint density at radius 1 is 0.760 bits per heavy atom. The highest BCUT2D eigenvalue weighted by atomic mass is 32.1. The fourth-order valence-corrected chi connectivity index (χ4v) is 0.909. The summed E-state index contributed by atoms with van der Waals surface area (Å²) in [6.45, 7) is 1.75. The van der Waals surface area contributed by atoms with Crippen LogP contribution < -0.4 is 0 Å². The molecule has 9 nitrogen and oxygen atoms in total. The molecule has 0 amide bonds. The number of aliphatic carboxylic acids is 3. The molecule has 0 spiro atoms. The van der Waals surface area contributed by atoms with E-state index in [0.29, 0.717) is 6.42 Å². The molecule has 25 heavy (non-hydrogen) atoms. The zero-order valence-electron chi connectivity index (χ0n) is 13.1. The second-order valence-electron chi connectivity index (χ2n) is 3.49. The van der Waals surface area contributed by atoms with Crippen molar-refractivity contribution in [1.29, 1.82) is 0 Å². The van der Waals surface area contributed by atoms with Gasteiger partial charge in [-0.25, -0.2) is 14.4 Å². The Morgan fingerprint density at radius 2 is 1.00 bits per heavy atom. The summed E-state index contributed by atoms with van der Waals surface area (Å²) in [7, 11) is 0. The number of rotatable bonds is 5. The summed E-state index contributed by atoms with van der Waals surface area (Å²) < 4.78 is 0. The van der Waals surface area contributed by atoms with E-state index in [0.717, 1.165) is 18.2 Å². The highest BCUT2D eigenvalue weighted by Gasteiger charge is 2.14. The number of carboxylic acids is 3. The van der Waals surface area contributed by atoms with E-state index in [-0.39, 0.29) is 6.42 Å². The van der Waals surface area contributed by atoms with Crippen LogP contribution in [0.3, 0.4) is 0 Å². The first kappa shape index (κ1) is 31.3. The van der Waals surface area contributed by atoms with Crippen molar-refractivity contribution in [3.63, 3.8) is 0 Å². The van der Waals surface area contributed by atoms with Gasteiger partial charge in [0, 0.05) is 24.6 Å². The lowest BCUT2D eigenvalue weighted by Gasteiger charge is -2.10. The smallest absolute Gasteiger partial charge is 0.328 e. The molecular weight excluding hydrogens is 396 g/mol. The van der Waals surface area contributed by atoms with Crippen LogP contribution in [-0.4, -0.2) is 54.5 Å². The van der Waals surface area contributed by atoms with Gasteiger partial charge in [0.05, 0.1) is 0 Å². The van der Waals surface area contributed by atoms with E-state index in [1.165, 1.54) is 16.2 Å². The average Bonchev–Trinajstić information content (AvgIpc) is 2.38. The Hall–Kier alpha value is -1.44. The third-order valence-electron chi connectivity index (χ3n) is 1.24. The highest BCUT2D eigenvalue weighted by Crippen LogP contribution is 2.01. The van der Waals surface area contributed by atoms with Crippen LogP contribution in [0.5, 0.6) is 0 Å². The summed E-state index contributed by atoms with van der Waals surface area (Å²) in [5.41, 5.74) is 0. The minimum absolute atomic E-state index is 0.00694. The van der Waals surface area contributed by atoms with Crippen LogP contribution in [0, 0.1) is 0 Å². The molecule has 0 radical (unpaired) electrons. The summed E-state index contributed by atoms with van der Waals surface area (Å²) in [6.07, 6.45) is 3.41. The van der Waals surface area contributed by atoms with Gasteiger partial charge in [-0.1, -0.05) is 6.92 Å². The van der Waals surface area contributed by atoms with Gasteiger partial charge in [0.1, 0.15) is 0 Å². The minimum Gasteiger partial charge on any atom is -0.478 e.